The lowest BCUT2D eigenvalue weighted by molar-refractivity contribution is 0.271. The molecule has 0 radical (unpaired) electrons. The van der Waals surface area contributed by atoms with Crippen LogP contribution in [-0.4, -0.2) is 38.2 Å². The van der Waals surface area contributed by atoms with Crippen LogP contribution in [0.5, 0.6) is 5.75 Å². The lowest BCUT2D eigenvalue weighted by atomic mass is 10.2. The van der Waals surface area contributed by atoms with Crippen LogP contribution in [0.1, 0.15) is 5.56 Å². The molecule has 8 nitrogen and oxygen atoms in total. The molecule has 0 saturated carbocycles. The molecule has 1 aromatic carbocycles. The van der Waals surface area contributed by atoms with E-state index in [1.807, 2.05) is 0 Å². The molecule has 102 valence electrons. The van der Waals surface area contributed by atoms with Gasteiger partial charge in [0, 0.05) is 5.56 Å². The molecule has 0 amide bonds. The number of methoxy groups -OCH3 is 1. The van der Waals surface area contributed by atoms with Crippen molar-refractivity contribution in [3.63, 3.8) is 0 Å². The van der Waals surface area contributed by atoms with Gasteiger partial charge in [0.05, 0.1) is 18.6 Å². The van der Waals surface area contributed by atoms with E-state index in [0.29, 0.717) is 6.07 Å². The summed E-state index contributed by atoms with van der Waals surface area (Å²) in [5.74, 6) is -0.396. The van der Waals surface area contributed by atoms with Crippen molar-refractivity contribution in [2.24, 2.45) is 0 Å². The zero-order valence-electron chi connectivity index (χ0n) is 9.06. The Morgan fingerprint density at radius 3 is 2.00 bits per heavy atom. The van der Waals surface area contributed by atoms with Gasteiger partial charge in [0.1, 0.15) is 10.6 Å². The van der Waals surface area contributed by atoms with E-state index < -0.39 is 42.4 Å². The van der Waals surface area contributed by atoms with E-state index in [9.17, 15) is 16.8 Å². The Labute approximate surface area is 103 Å². The fourth-order valence-corrected chi connectivity index (χ4v) is 2.68. The number of rotatable bonds is 4. The molecule has 18 heavy (non-hydrogen) atoms. The molecule has 0 aromatic heterocycles. The molecule has 0 aliphatic heterocycles. The van der Waals surface area contributed by atoms with E-state index in [1.54, 1.807) is 0 Å². The summed E-state index contributed by atoms with van der Waals surface area (Å²) >= 11 is 0. The molecule has 1 rings (SSSR count). The maximum Gasteiger partial charge on any atom is 0.298 e. The van der Waals surface area contributed by atoms with Crippen molar-refractivity contribution in [3.8, 4) is 5.75 Å². The van der Waals surface area contributed by atoms with Crippen molar-refractivity contribution in [1.29, 1.82) is 0 Å². The van der Waals surface area contributed by atoms with Gasteiger partial charge >= 0.3 is 0 Å². The fourth-order valence-electron chi connectivity index (χ4n) is 1.32. The quantitative estimate of drug-likeness (QED) is 0.643. The van der Waals surface area contributed by atoms with Crippen LogP contribution in [0.25, 0.3) is 0 Å². The van der Waals surface area contributed by atoms with E-state index in [0.717, 1.165) is 13.2 Å². The third kappa shape index (κ3) is 2.97. The lowest BCUT2D eigenvalue weighted by Gasteiger charge is -2.11. The first-order chi connectivity index (χ1) is 8.11. The van der Waals surface area contributed by atoms with Crippen molar-refractivity contribution in [2.75, 3.05) is 7.11 Å². The van der Waals surface area contributed by atoms with Crippen LogP contribution in [-0.2, 0) is 26.8 Å². The Morgan fingerprint density at radius 2 is 1.67 bits per heavy atom. The van der Waals surface area contributed by atoms with Gasteiger partial charge in [-0.1, -0.05) is 0 Å². The molecule has 0 saturated heterocycles. The zero-order chi connectivity index (χ0) is 14.1. The SMILES string of the molecule is COc1c(CO)cc(S(=O)(=O)O)cc1S(=O)(=O)O. The average Bonchev–Trinajstić information content (AvgIpc) is 2.24. The van der Waals surface area contributed by atoms with Gasteiger partial charge in [-0.25, -0.2) is 0 Å². The van der Waals surface area contributed by atoms with Crippen molar-refractivity contribution in [2.45, 2.75) is 16.4 Å². The molecule has 0 unspecified atom stereocenters. The third-order valence-electron chi connectivity index (χ3n) is 2.06. The molecular formula is C8H10O8S2. The monoisotopic (exact) mass is 298 g/mol. The number of benzene rings is 1. The highest BCUT2D eigenvalue weighted by Gasteiger charge is 2.24. The van der Waals surface area contributed by atoms with Crippen molar-refractivity contribution in [1.82, 2.24) is 0 Å². The molecule has 3 N–H and O–H groups in total. The van der Waals surface area contributed by atoms with E-state index in [1.165, 1.54) is 0 Å². The molecular weight excluding hydrogens is 288 g/mol. The van der Waals surface area contributed by atoms with Gasteiger partial charge < -0.3 is 9.84 Å². The lowest BCUT2D eigenvalue weighted by Crippen LogP contribution is -2.08. The highest BCUT2D eigenvalue weighted by Crippen LogP contribution is 2.31. The highest BCUT2D eigenvalue weighted by atomic mass is 32.2. The fraction of sp³-hybridized carbons (Fsp3) is 0.250. The van der Waals surface area contributed by atoms with E-state index in [2.05, 4.69) is 4.74 Å². The Bertz CT molecular complexity index is 659. The molecule has 0 spiro atoms. The van der Waals surface area contributed by atoms with Gasteiger partial charge in [-0.2, -0.15) is 16.8 Å². The van der Waals surface area contributed by atoms with E-state index in [4.69, 9.17) is 14.2 Å². The maximum absolute atomic E-state index is 11.1. The average molecular weight is 298 g/mol. The Morgan fingerprint density at radius 1 is 1.11 bits per heavy atom. The predicted molar refractivity (Wildman–Crippen MR) is 58.5 cm³/mol. The van der Waals surface area contributed by atoms with Crippen molar-refractivity contribution in [3.05, 3.63) is 17.7 Å². The van der Waals surface area contributed by atoms with E-state index >= 15 is 0 Å². The molecule has 0 fully saturated rings. The summed E-state index contributed by atoms with van der Waals surface area (Å²) in [6.45, 7) is -0.741. The second-order valence-corrected chi connectivity index (χ2v) is 6.03. The second kappa shape index (κ2) is 4.82. The van der Waals surface area contributed by atoms with Gasteiger partial charge in [-0.3, -0.25) is 9.11 Å². The number of aliphatic hydroxyl groups is 1. The molecule has 0 aliphatic rings. The summed E-state index contributed by atoms with van der Waals surface area (Å²) in [6, 6.07) is 1.37. The van der Waals surface area contributed by atoms with E-state index in [-0.39, 0.29) is 5.56 Å². The van der Waals surface area contributed by atoms with Crippen LogP contribution >= 0.6 is 0 Å². The first kappa shape index (κ1) is 14.9. The predicted octanol–water partition coefficient (Wildman–Crippen LogP) is -0.319. The standard InChI is InChI=1S/C8H10O8S2/c1-16-8-5(4-9)2-6(17(10,11)12)3-7(8)18(13,14)15/h2-3,9H,4H2,1H3,(H,10,11,12)(H,13,14,15). The molecule has 0 atom stereocenters. The molecule has 0 heterocycles. The molecule has 0 bridgehead atoms. The van der Waals surface area contributed by atoms with Crippen LogP contribution < -0.4 is 4.74 Å². The number of hydrogen-bond acceptors (Lipinski definition) is 6. The Kier molecular flexibility index (Phi) is 3.98. The summed E-state index contributed by atoms with van der Waals surface area (Å²) in [5, 5.41) is 9.00. The minimum atomic E-state index is -4.77. The van der Waals surface area contributed by atoms with Crippen LogP contribution in [0, 0.1) is 0 Å². The van der Waals surface area contributed by atoms with Crippen LogP contribution in [0.3, 0.4) is 0 Å². The van der Waals surface area contributed by atoms with Crippen molar-refractivity contribution < 1.29 is 35.8 Å². The molecule has 1 aromatic rings. The maximum atomic E-state index is 11.1. The largest absolute Gasteiger partial charge is 0.495 e. The molecule has 0 aliphatic carbocycles. The minimum absolute atomic E-state index is 0.208. The normalized spacial score (nSPS) is 12.4. The second-order valence-electron chi connectivity index (χ2n) is 3.22. The van der Waals surface area contributed by atoms with Gasteiger partial charge in [-0.05, 0) is 12.1 Å². The Hall–Kier alpha value is -1.20. The topological polar surface area (TPSA) is 138 Å². The number of aliphatic hydroxyl groups excluding tert-OH is 1. The zero-order valence-corrected chi connectivity index (χ0v) is 10.7. The summed E-state index contributed by atoms with van der Waals surface area (Å²) in [6.07, 6.45) is 0. The third-order valence-corrected chi connectivity index (χ3v) is 3.75. The first-order valence-electron chi connectivity index (χ1n) is 4.38. The van der Waals surface area contributed by atoms with Crippen LogP contribution in [0.15, 0.2) is 21.9 Å². The van der Waals surface area contributed by atoms with Crippen LogP contribution in [0.4, 0.5) is 0 Å². The van der Waals surface area contributed by atoms with Gasteiger partial charge in [0.15, 0.2) is 0 Å². The van der Waals surface area contributed by atoms with Crippen LogP contribution in [0.2, 0.25) is 0 Å². The summed E-state index contributed by atoms with van der Waals surface area (Å²) in [7, 11) is -8.38. The first-order valence-corrected chi connectivity index (χ1v) is 7.26. The number of ether oxygens (including phenoxy) is 1. The number of hydrogen-bond donors (Lipinski definition) is 3. The summed E-state index contributed by atoms with van der Waals surface area (Å²) in [5.41, 5.74) is -0.208. The summed E-state index contributed by atoms with van der Waals surface area (Å²) in [4.78, 5) is -1.64. The smallest absolute Gasteiger partial charge is 0.298 e. The van der Waals surface area contributed by atoms with Gasteiger partial charge in [0.25, 0.3) is 20.2 Å². The molecule has 10 heteroatoms. The highest BCUT2D eigenvalue weighted by molar-refractivity contribution is 7.86. The van der Waals surface area contributed by atoms with Crippen molar-refractivity contribution >= 4 is 20.2 Å². The Balaban J connectivity index is 3.79. The van der Waals surface area contributed by atoms with Gasteiger partial charge in [0.2, 0.25) is 0 Å². The summed E-state index contributed by atoms with van der Waals surface area (Å²) < 4.78 is 66.5. The van der Waals surface area contributed by atoms with Gasteiger partial charge in [-0.15, -0.1) is 0 Å². The minimum Gasteiger partial charge on any atom is -0.495 e.